The van der Waals surface area contributed by atoms with Crippen LogP contribution in [0.1, 0.15) is 11.3 Å². The first-order chi connectivity index (χ1) is 11.1. The van der Waals surface area contributed by atoms with Crippen molar-refractivity contribution in [3.8, 4) is 5.69 Å². The van der Waals surface area contributed by atoms with E-state index in [9.17, 15) is 4.79 Å². The molecule has 2 aromatic rings. The van der Waals surface area contributed by atoms with Crippen molar-refractivity contribution in [1.29, 1.82) is 0 Å². The van der Waals surface area contributed by atoms with Gasteiger partial charge in [0.25, 0.3) is 0 Å². The Balaban J connectivity index is 1.94. The molecule has 0 saturated heterocycles. The summed E-state index contributed by atoms with van der Waals surface area (Å²) >= 11 is 6.32. The lowest BCUT2D eigenvalue weighted by Gasteiger charge is -2.19. The van der Waals surface area contributed by atoms with Gasteiger partial charge in [0, 0.05) is 18.5 Å². The first-order valence-electron chi connectivity index (χ1n) is 7.12. The zero-order valence-corrected chi connectivity index (χ0v) is 13.6. The maximum atomic E-state index is 12.3. The summed E-state index contributed by atoms with van der Waals surface area (Å²) in [6.07, 6.45) is 5.05. The topological polar surface area (TPSA) is 62.5 Å². The average molecular weight is 330 g/mol. The molecule has 7 heteroatoms. The largest absolute Gasteiger partial charge is 0.328 e. The summed E-state index contributed by atoms with van der Waals surface area (Å²) in [5.74, 6) is 0.562. The molecule has 3 rings (SSSR count). The fraction of sp³-hybridized carbons (Fsp3) is 0.188. The van der Waals surface area contributed by atoms with Crippen LogP contribution in [0.25, 0.3) is 5.69 Å². The van der Waals surface area contributed by atoms with Gasteiger partial charge in [0.2, 0.25) is 0 Å². The monoisotopic (exact) mass is 329 g/mol. The Morgan fingerprint density at radius 2 is 2.17 bits per heavy atom. The summed E-state index contributed by atoms with van der Waals surface area (Å²) < 4.78 is 1.65. The van der Waals surface area contributed by atoms with E-state index in [0.29, 0.717) is 17.5 Å². The molecule has 0 spiro atoms. The third-order valence-corrected chi connectivity index (χ3v) is 3.72. The van der Waals surface area contributed by atoms with Crippen LogP contribution in [-0.2, 0) is 0 Å². The second-order valence-electron chi connectivity index (χ2n) is 5.20. The Labute approximate surface area is 139 Å². The number of anilines is 1. The number of urea groups is 1. The number of aliphatic imine (C=N–C) groups is 1. The number of carbonyl (C=O) groups is 1. The number of rotatable bonds is 2. The maximum Gasteiger partial charge on any atom is 0.328 e. The predicted molar refractivity (Wildman–Crippen MR) is 91.4 cm³/mol. The standard InChI is InChI=1S/C16H16ClN5O/c1-11-5-3-6-13(17)15(11)22-14(9-12(2)20-22)19-16(23)21-8-4-7-18-10-21/h3-9H,10H2,1-2H3,(H,19,23). The van der Waals surface area contributed by atoms with Gasteiger partial charge in [-0.2, -0.15) is 5.10 Å². The van der Waals surface area contributed by atoms with E-state index in [1.807, 2.05) is 26.0 Å². The third kappa shape index (κ3) is 3.12. The number of hydrogen-bond donors (Lipinski definition) is 1. The lowest BCUT2D eigenvalue weighted by molar-refractivity contribution is 0.229. The van der Waals surface area contributed by atoms with Gasteiger partial charge in [0.15, 0.2) is 0 Å². The van der Waals surface area contributed by atoms with Gasteiger partial charge in [-0.15, -0.1) is 0 Å². The van der Waals surface area contributed by atoms with Crippen LogP contribution in [0.3, 0.4) is 0 Å². The molecule has 1 aliphatic rings. The van der Waals surface area contributed by atoms with Crippen LogP contribution in [0.15, 0.2) is 41.5 Å². The minimum absolute atomic E-state index is 0.274. The molecule has 0 saturated carbocycles. The highest BCUT2D eigenvalue weighted by Crippen LogP contribution is 2.27. The normalized spacial score (nSPS) is 13.4. The van der Waals surface area contributed by atoms with Crippen molar-refractivity contribution in [3.05, 3.63) is 52.8 Å². The van der Waals surface area contributed by atoms with Crippen LogP contribution in [0.5, 0.6) is 0 Å². The SMILES string of the molecule is Cc1cc(NC(=O)N2C=CC=NC2)n(-c2c(C)cccc2Cl)n1. The van der Waals surface area contributed by atoms with Crippen molar-refractivity contribution in [1.82, 2.24) is 14.7 Å². The molecule has 2 heterocycles. The number of nitrogens with one attached hydrogen (secondary N) is 1. The highest BCUT2D eigenvalue weighted by Gasteiger charge is 2.17. The molecule has 1 aromatic heterocycles. The van der Waals surface area contributed by atoms with Crippen molar-refractivity contribution >= 4 is 29.7 Å². The Morgan fingerprint density at radius 1 is 1.35 bits per heavy atom. The number of hydrogen-bond acceptors (Lipinski definition) is 3. The minimum atomic E-state index is -0.274. The third-order valence-electron chi connectivity index (χ3n) is 3.42. The molecule has 0 radical (unpaired) electrons. The molecule has 118 valence electrons. The number of aromatic nitrogens is 2. The second kappa shape index (κ2) is 6.26. The molecule has 1 aromatic carbocycles. The van der Waals surface area contributed by atoms with Gasteiger partial charge in [-0.3, -0.25) is 15.2 Å². The van der Waals surface area contributed by atoms with E-state index in [4.69, 9.17) is 11.6 Å². The van der Waals surface area contributed by atoms with E-state index in [0.717, 1.165) is 16.9 Å². The maximum absolute atomic E-state index is 12.3. The molecular weight excluding hydrogens is 314 g/mol. The van der Waals surface area contributed by atoms with Gasteiger partial charge >= 0.3 is 6.03 Å². The smallest absolute Gasteiger partial charge is 0.292 e. The highest BCUT2D eigenvalue weighted by atomic mass is 35.5. The summed E-state index contributed by atoms with van der Waals surface area (Å²) in [6, 6.07) is 7.16. The van der Waals surface area contributed by atoms with Crippen molar-refractivity contribution in [2.45, 2.75) is 13.8 Å². The zero-order valence-electron chi connectivity index (χ0n) is 12.8. The number of allylic oxidation sites excluding steroid dienone is 1. The van der Waals surface area contributed by atoms with E-state index in [-0.39, 0.29) is 6.03 Å². The summed E-state index contributed by atoms with van der Waals surface area (Å²) in [5, 5.41) is 7.88. The average Bonchev–Trinajstić information content (AvgIpc) is 2.88. The Bertz CT molecular complexity index is 789. The number of carbonyl (C=O) groups excluding carboxylic acids is 1. The molecule has 1 N–H and O–H groups in total. The van der Waals surface area contributed by atoms with E-state index >= 15 is 0 Å². The highest BCUT2D eigenvalue weighted by molar-refractivity contribution is 6.32. The number of para-hydroxylation sites is 1. The van der Waals surface area contributed by atoms with Crippen LogP contribution in [0.2, 0.25) is 5.02 Å². The van der Waals surface area contributed by atoms with E-state index in [1.54, 1.807) is 35.3 Å². The van der Waals surface area contributed by atoms with Gasteiger partial charge in [-0.25, -0.2) is 9.48 Å². The molecular formula is C16H16ClN5O. The summed E-state index contributed by atoms with van der Waals surface area (Å²) in [4.78, 5) is 17.9. The summed E-state index contributed by atoms with van der Waals surface area (Å²) in [6.45, 7) is 4.11. The molecule has 0 unspecified atom stereocenters. The second-order valence-corrected chi connectivity index (χ2v) is 5.61. The fourth-order valence-corrected chi connectivity index (χ4v) is 2.65. The zero-order chi connectivity index (χ0) is 16.4. The molecule has 0 bridgehead atoms. The summed E-state index contributed by atoms with van der Waals surface area (Å²) in [7, 11) is 0. The fourth-order valence-electron chi connectivity index (χ4n) is 2.35. The first kappa shape index (κ1) is 15.3. The lowest BCUT2D eigenvalue weighted by atomic mass is 10.2. The number of halogens is 1. The molecule has 1 aliphatic heterocycles. The van der Waals surface area contributed by atoms with Crippen LogP contribution in [0, 0.1) is 13.8 Å². The van der Waals surface area contributed by atoms with E-state index in [2.05, 4.69) is 15.4 Å². The van der Waals surface area contributed by atoms with Crippen molar-refractivity contribution in [3.63, 3.8) is 0 Å². The molecule has 0 fully saturated rings. The van der Waals surface area contributed by atoms with Crippen molar-refractivity contribution < 1.29 is 4.79 Å². The Hall–Kier alpha value is -2.60. The summed E-state index contributed by atoms with van der Waals surface area (Å²) in [5.41, 5.74) is 2.51. The van der Waals surface area contributed by atoms with Gasteiger partial charge in [0.05, 0.1) is 16.4 Å². The van der Waals surface area contributed by atoms with Crippen molar-refractivity contribution in [2.24, 2.45) is 4.99 Å². The number of amides is 2. The Morgan fingerprint density at radius 3 is 2.87 bits per heavy atom. The molecule has 23 heavy (non-hydrogen) atoms. The molecule has 2 amide bonds. The quantitative estimate of drug-likeness (QED) is 0.916. The molecule has 0 atom stereocenters. The van der Waals surface area contributed by atoms with Crippen LogP contribution >= 0.6 is 11.6 Å². The van der Waals surface area contributed by atoms with Gasteiger partial charge in [-0.1, -0.05) is 23.7 Å². The lowest BCUT2D eigenvalue weighted by Crippen LogP contribution is -2.32. The van der Waals surface area contributed by atoms with Gasteiger partial charge in [0.1, 0.15) is 12.5 Å². The van der Waals surface area contributed by atoms with Crippen LogP contribution < -0.4 is 5.32 Å². The number of aryl methyl sites for hydroxylation is 2. The molecule has 0 aliphatic carbocycles. The van der Waals surface area contributed by atoms with E-state index < -0.39 is 0 Å². The van der Waals surface area contributed by atoms with Crippen LogP contribution in [0.4, 0.5) is 10.6 Å². The van der Waals surface area contributed by atoms with Crippen LogP contribution in [-0.4, -0.2) is 33.6 Å². The van der Waals surface area contributed by atoms with Crippen molar-refractivity contribution in [2.75, 3.05) is 12.0 Å². The minimum Gasteiger partial charge on any atom is -0.292 e. The number of benzene rings is 1. The predicted octanol–water partition coefficient (Wildman–Crippen LogP) is 3.53. The van der Waals surface area contributed by atoms with E-state index in [1.165, 1.54) is 4.90 Å². The van der Waals surface area contributed by atoms with Gasteiger partial charge in [-0.05, 0) is 31.6 Å². The Kier molecular flexibility index (Phi) is 4.16. The number of nitrogens with zero attached hydrogens (tertiary/aromatic N) is 4. The van der Waals surface area contributed by atoms with Gasteiger partial charge < -0.3 is 0 Å². The molecule has 6 nitrogen and oxygen atoms in total. The first-order valence-corrected chi connectivity index (χ1v) is 7.50.